The van der Waals surface area contributed by atoms with Crippen molar-refractivity contribution in [1.29, 1.82) is 0 Å². The monoisotopic (exact) mass is 348 g/mol. The number of nitrogens with one attached hydrogen (secondary N) is 1. The average molecular weight is 348 g/mol. The van der Waals surface area contributed by atoms with Crippen LogP contribution in [0.2, 0.25) is 0 Å². The van der Waals surface area contributed by atoms with E-state index >= 15 is 0 Å². The van der Waals surface area contributed by atoms with Crippen molar-refractivity contribution in [2.24, 2.45) is 12.0 Å². The third kappa shape index (κ3) is 6.88. The van der Waals surface area contributed by atoms with Crippen LogP contribution >= 0.6 is 0 Å². The first kappa shape index (κ1) is 19.8. The fourth-order valence-corrected chi connectivity index (χ4v) is 1.99. The Bertz CT molecular complexity index is 569. The number of halogens is 3. The molecule has 0 unspecified atom stereocenters. The molecule has 0 aliphatic carbocycles. The van der Waals surface area contributed by atoms with Crippen LogP contribution in [0.1, 0.15) is 12.5 Å². The molecule has 1 N–H and O–H groups in total. The van der Waals surface area contributed by atoms with Crippen molar-refractivity contribution in [2.75, 3.05) is 33.7 Å². The number of aromatic nitrogens is 2. The van der Waals surface area contributed by atoms with Gasteiger partial charge in [-0.2, -0.15) is 18.3 Å². The molecule has 0 spiro atoms. The van der Waals surface area contributed by atoms with E-state index in [4.69, 9.17) is 0 Å². The maximum absolute atomic E-state index is 12.3. The molecule has 1 rings (SSSR count). The van der Waals surface area contributed by atoms with Crippen LogP contribution < -0.4 is 5.32 Å². The van der Waals surface area contributed by atoms with E-state index in [1.165, 1.54) is 0 Å². The van der Waals surface area contributed by atoms with Gasteiger partial charge in [0.1, 0.15) is 13.1 Å². The van der Waals surface area contributed by atoms with Crippen LogP contribution in [0.15, 0.2) is 17.4 Å². The second-order valence-corrected chi connectivity index (χ2v) is 5.41. The summed E-state index contributed by atoms with van der Waals surface area (Å²) in [5.41, 5.74) is 0.950. The highest BCUT2D eigenvalue weighted by molar-refractivity contribution is 5.84. The number of carbonyl (C=O) groups is 1. The number of rotatable bonds is 6. The Morgan fingerprint density at radius 1 is 1.38 bits per heavy atom. The van der Waals surface area contributed by atoms with Crippen LogP contribution in [0, 0.1) is 0 Å². The summed E-state index contributed by atoms with van der Waals surface area (Å²) in [5.74, 6) is -0.257. The van der Waals surface area contributed by atoms with E-state index in [-0.39, 0.29) is 6.54 Å². The predicted octanol–water partition coefficient (Wildman–Crippen LogP) is 0.838. The van der Waals surface area contributed by atoms with E-state index in [1.54, 1.807) is 29.9 Å². The van der Waals surface area contributed by atoms with Crippen LogP contribution in [0.25, 0.3) is 0 Å². The summed E-state index contributed by atoms with van der Waals surface area (Å²) in [7, 11) is 4.69. The van der Waals surface area contributed by atoms with Crippen LogP contribution in [-0.2, 0) is 18.4 Å². The van der Waals surface area contributed by atoms with Gasteiger partial charge in [0.15, 0.2) is 5.96 Å². The summed E-state index contributed by atoms with van der Waals surface area (Å²) >= 11 is 0. The molecule has 0 aromatic carbocycles. The van der Waals surface area contributed by atoms with Gasteiger partial charge in [0.05, 0.1) is 6.20 Å². The van der Waals surface area contributed by atoms with Crippen LogP contribution in [0.4, 0.5) is 13.2 Å². The SMILES string of the molecule is CCNC(=NCC(=O)N(C)CC(F)(F)F)N(C)Cc1cnn(C)c1. The summed E-state index contributed by atoms with van der Waals surface area (Å²) in [6.45, 7) is 1.30. The Labute approximate surface area is 139 Å². The lowest BCUT2D eigenvalue weighted by molar-refractivity contribution is -0.157. The number of likely N-dealkylation sites (N-methyl/N-ethyl adjacent to an activating group) is 1. The first-order valence-electron chi connectivity index (χ1n) is 7.40. The minimum Gasteiger partial charge on any atom is -0.357 e. The summed E-state index contributed by atoms with van der Waals surface area (Å²) < 4.78 is 38.6. The first-order chi connectivity index (χ1) is 11.1. The number of aryl methyl sites for hydroxylation is 1. The maximum Gasteiger partial charge on any atom is 0.406 e. The standard InChI is InChI=1S/C14H23F3N6O/c1-5-18-13(21(2)8-11-6-20-23(4)9-11)19-7-12(24)22(3)10-14(15,16)17/h6,9H,5,7-8,10H2,1-4H3,(H,18,19). The molecule has 10 heteroatoms. The van der Waals surface area contributed by atoms with Crippen LogP contribution in [0.3, 0.4) is 0 Å². The van der Waals surface area contributed by atoms with Crippen molar-refractivity contribution < 1.29 is 18.0 Å². The molecular weight excluding hydrogens is 325 g/mol. The molecule has 0 aliphatic heterocycles. The first-order valence-corrected chi connectivity index (χ1v) is 7.40. The molecule has 0 saturated carbocycles. The molecular formula is C14H23F3N6O. The van der Waals surface area contributed by atoms with Crippen molar-refractivity contribution in [3.63, 3.8) is 0 Å². The number of guanidine groups is 1. The summed E-state index contributed by atoms with van der Waals surface area (Å²) in [4.78, 5) is 18.3. The second kappa shape index (κ2) is 8.55. The molecule has 1 aromatic heterocycles. The zero-order valence-corrected chi connectivity index (χ0v) is 14.3. The Kier molecular flexibility index (Phi) is 7.05. The number of alkyl halides is 3. The van der Waals surface area contributed by atoms with E-state index in [1.807, 2.05) is 13.1 Å². The van der Waals surface area contributed by atoms with E-state index < -0.39 is 18.6 Å². The number of carbonyl (C=O) groups excluding carboxylic acids is 1. The third-order valence-electron chi connectivity index (χ3n) is 3.08. The number of hydrogen-bond acceptors (Lipinski definition) is 3. The zero-order chi connectivity index (χ0) is 18.3. The van der Waals surface area contributed by atoms with E-state index in [0.29, 0.717) is 23.9 Å². The Hall–Kier alpha value is -2.26. The topological polar surface area (TPSA) is 65.8 Å². The van der Waals surface area contributed by atoms with Crippen molar-refractivity contribution in [2.45, 2.75) is 19.6 Å². The van der Waals surface area contributed by atoms with E-state index in [0.717, 1.165) is 12.6 Å². The number of amides is 1. The molecule has 0 atom stereocenters. The van der Waals surface area contributed by atoms with Gasteiger partial charge in [-0.25, -0.2) is 4.99 Å². The number of nitrogens with zero attached hydrogens (tertiary/aromatic N) is 5. The molecule has 7 nitrogen and oxygen atoms in total. The van der Waals surface area contributed by atoms with Gasteiger partial charge in [-0.05, 0) is 6.92 Å². The van der Waals surface area contributed by atoms with Gasteiger partial charge in [0.25, 0.3) is 0 Å². The maximum atomic E-state index is 12.3. The molecule has 0 aliphatic rings. The lowest BCUT2D eigenvalue weighted by atomic mass is 10.3. The molecule has 0 fully saturated rings. The highest BCUT2D eigenvalue weighted by Crippen LogP contribution is 2.15. The third-order valence-corrected chi connectivity index (χ3v) is 3.08. The lowest BCUT2D eigenvalue weighted by Gasteiger charge is -2.22. The summed E-state index contributed by atoms with van der Waals surface area (Å²) in [6.07, 6.45) is -0.861. The molecule has 24 heavy (non-hydrogen) atoms. The van der Waals surface area contributed by atoms with Crippen LogP contribution in [-0.4, -0.2) is 71.4 Å². The van der Waals surface area contributed by atoms with E-state index in [9.17, 15) is 18.0 Å². The molecule has 0 bridgehead atoms. The molecule has 1 heterocycles. The minimum absolute atomic E-state index is 0.355. The van der Waals surface area contributed by atoms with Gasteiger partial charge >= 0.3 is 6.18 Å². The highest BCUT2D eigenvalue weighted by atomic mass is 19.4. The van der Waals surface area contributed by atoms with Crippen molar-refractivity contribution >= 4 is 11.9 Å². The van der Waals surface area contributed by atoms with Gasteiger partial charge in [-0.3, -0.25) is 9.48 Å². The fourth-order valence-electron chi connectivity index (χ4n) is 1.99. The van der Waals surface area contributed by atoms with Gasteiger partial charge < -0.3 is 15.1 Å². The van der Waals surface area contributed by atoms with Gasteiger partial charge in [-0.1, -0.05) is 0 Å². The average Bonchev–Trinajstić information content (AvgIpc) is 2.86. The fraction of sp³-hybridized carbons (Fsp3) is 0.643. The number of hydrogen-bond donors (Lipinski definition) is 1. The second-order valence-electron chi connectivity index (χ2n) is 5.41. The van der Waals surface area contributed by atoms with Crippen molar-refractivity contribution in [3.05, 3.63) is 18.0 Å². The Balaban J connectivity index is 2.68. The van der Waals surface area contributed by atoms with Crippen LogP contribution in [0.5, 0.6) is 0 Å². The number of aliphatic imine (C=N–C) groups is 1. The van der Waals surface area contributed by atoms with Gasteiger partial charge in [0.2, 0.25) is 5.91 Å². The van der Waals surface area contributed by atoms with Gasteiger partial charge in [0, 0.05) is 46.0 Å². The molecule has 1 amide bonds. The van der Waals surface area contributed by atoms with E-state index in [2.05, 4.69) is 15.4 Å². The molecule has 0 radical (unpaired) electrons. The molecule has 1 aromatic rings. The highest BCUT2D eigenvalue weighted by Gasteiger charge is 2.31. The largest absolute Gasteiger partial charge is 0.406 e. The Morgan fingerprint density at radius 2 is 2.04 bits per heavy atom. The van der Waals surface area contributed by atoms with Gasteiger partial charge in [-0.15, -0.1) is 0 Å². The predicted molar refractivity (Wildman–Crippen MR) is 84.3 cm³/mol. The summed E-state index contributed by atoms with van der Waals surface area (Å²) in [5, 5.41) is 7.08. The molecule has 0 saturated heterocycles. The van der Waals surface area contributed by atoms with Crippen molar-refractivity contribution in [3.8, 4) is 0 Å². The smallest absolute Gasteiger partial charge is 0.357 e. The lowest BCUT2D eigenvalue weighted by Crippen LogP contribution is -2.40. The van der Waals surface area contributed by atoms with Crippen molar-refractivity contribution in [1.82, 2.24) is 24.9 Å². The summed E-state index contributed by atoms with van der Waals surface area (Å²) in [6, 6.07) is 0. The molecule has 136 valence electrons. The normalized spacial score (nSPS) is 12.2. The quantitative estimate of drug-likeness (QED) is 0.611. The minimum atomic E-state index is -4.42. The Morgan fingerprint density at radius 3 is 2.54 bits per heavy atom. The zero-order valence-electron chi connectivity index (χ0n) is 14.3.